The van der Waals surface area contributed by atoms with Crippen LogP contribution in [0.2, 0.25) is 5.02 Å². The van der Waals surface area contributed by atoms with Gasteiger partial charge in [-0.2, -0.15) is 13.2 Å². The lowest BCUT2D eigenvalue weighted by atomic mass is 9.65. The van der Waals surface area contributed by atoms with E-state index < -0.39 is 23.8 Å². The Kier molecular flexibility index (Phi) is 15.2. The quantitative estimate of drug-likeness (QED) is 0.125. The number of imide groups is 1. The van der Waals surface area contributed by atoms with Crippen molar-refractivity contribution in [3.05, 3.63) is 81.6 Å². The van der Waals surface area contributed by atoms with Crippen LogP contribution < -0.4 is 25.6 Å². The molecule has 3 aliphatic heterocycles. The van der Waals surface area contributed by atoms with Gasteiger partial charge in [-0.15, -0.1) is 0 Å². The van der Waals surface area contributed by atoms with Gasteiger partial charge in [0.1, 0.15) is 17.4 Å². The monoisotopic (exact) mass is 1010 g/mol. The molecule has 72 heavy (non-hydrogen) atoms. The van der Waals surface area contributed by atoms with Crippen molar-refractivity contribution >= 4 is 63.4 Å². The largest absolute Gasteiger partial charge is 0.496 e. The number of carbonyl (C=O) groups excluding carboxylic acids is 4. The number of nitrogens with zero attached hydrogens (tertiary/aromatic N) is 6. The lowest BCUT2D eigenvalue weighted by Crippen LogP contribution is -2.52. The molecular weight excluding hydrogens is 947 g/mol. The van der Waals surface area contributed by atoms with Gasteiger partial charge in [-0.3, -0.25) is 29.5 Å². The van der Waals surface area contributed by atoms with Gasteiger partial charge >= 0.3 is 12.2 Å². The number of benzene rings is 3. The van der Waals surface area contributed by atoms with Crippen LogP contribution in [0.25, 0.3) is 10.9 Å². The third-order valence-electron chi connectivity index (χ3n) is 16.2. The van der Waals surface area contributed by atoms with Gasteiger partial charge in [-0.1, -0.05) is 11.6 Å². The molecule has 4 heterocycles. The predicted octanol–water partition coefficient (Wildman–Crippen LogP) is 10.2. The molecule has 2 aliphatic carbocycles. The highest BCUT2D eigenvalue weighted by atomic mass is 35.5. The summed E-state index contributed by atoms with van der Waals surface area (Å²) < 4.78 is 47.6. The summed E-state index contributed by atoms with van der Waals surface area (Å²) in [6.45, 7) is 11.8. The Bertz CT molecular complexity index is 2670. The third-order valence-corrected chi connectivity index (χ3v) is 16.5. The molecule has 386 valence electrons. The number of alkyl halides is 3. The van der Waals surface area contributed by atoms with Crippen LogP contribution >= 0.6 is 11.6 Å². The zero-order chi connectivity index (χ0) is 50.9. The number of halogens is 4. The summed E-state index contributed by atoms with van der Waals surface area (Å²) in [6, 6.07) is 12.0. The van der Waals surface area contributed by atoms with E-state index in [1.54, 1.807) is 38.3 Å². The van der Waals surface area contributed by atoms with Crippen molar-refractivity contribution in [1.29, 1.82) is 0 Å². The molecule has 0 unspecified atom stereocenters. The molecule has 18 heteroatoms. The molecule has 1 spiro atoms. The van der Waals surface area contributed by atoms with E-state index in [1.165, 1.54) is 23.8 Å². The van der Waals surface area contributed by atoms with Gasteiger partial charge < -0.3 is 25.2 Å². The number of fused-ring (bicyclic) bond motifs is 1. The number of piperidine rings is 1. The normalized spacial score (nSPS) is 21.7. The molecule has 5 fully saturated rings. The summed E-state index contributed by atoms with van der Waals surface area (Å²) in [6.07, 6.45) is 5.49. The number of nitrogens with one attached hydrogen (secondary N) is 3. The number of aromatic nitrogens is 2. The Hall–Kier alpha value is -5.68. The number of rotatable bonds is 12. The number of aryl methyl sites for hydroxylation is 1. The van der Waals surface area contributed by atoms with Crippen LogP contribution in [0.4, 0.5) is 35.2 Å². The van der Waals surface area contributed by atoms with Crippen LogP contribution in [0.5, 0.6) is 5.75 Å². The van der Waals surface area contributed by atoms with Gasteiger partial charge in [-0.25, -0.2) is 14.8 Å². The molecule has 14 nitrogen and oxygen atoms in total. The zero-order valence-electron chi connectivity index (χ0n) is 41.8. The van der Waals surface area contributed by atoms with E-state index in [-0.39, 0.29) is 47.9 Å². The maximum atomic E-state index is 14.0. The van der Waals surface area contributed by atoms with Crippen LogP contribution in [0.1, 0.15) is 129 Å². The van der Waals surface area contributed by atoms with Gasteiger partial charge in [0.2, 0.25) is 11.8 Å². The Balaban J connectivity index is 0.740. The SMILES string of the molecule is CCNc1cc([C@@H](C)Nc2nc(C)nc3cc(OC)c(C4CCC(C(=O)N5CCN(CC6CCC7(CC6)CCN(C(=O)c6ccc(Cl)c(N8CCC(=O)NC8=O)c6)CC7)CC5)CC4)cc23)cc(C(F)(F)F)c1. The molecule has 1 atom stereocenters. The zero-order valence-corrected chi connectivity index (χ0v) is 42.6. The fourth-order valence-electron chi connectivity index (χ4n) is 12.0. The highest BCUT2D eigenvalue weighted by molar-refractivity contribution is 6.34. The molecule has 3 N–H and O–H groups in total. The maximum absolute atomic E-state index is 14.0. The highest BCUT2D eigenvalue weighted by Gasteiger charge is 2.41. The minimum absolute atomic E-state index is 0.0291. The van der Waals surface area contributed by atoms with Gasteiger partial charge in [0.15, 0.2) is 0 Å². The number of anilines is 3. The molecule has 0 radical (unpaired) electrons. The van der Waals surface area contributed by atoms with Crippen molar-refractivity contribution in [2.75, 3.05) is 81.5 Å². The number of hydrogen-bond acceptors (Lipinski definition) is 10. The van der Waals surface area contributed by atoms with Crippen LogP contribution in [0, 0.1) is 24.2 Å². The average Bonchev–Trinajstić information content (AvgIpc) is 3.37. The van der Waals surface area contributed by atoms with Crippen molar-refractivity contribution in [2.24, 2.45) is 17.3 Å². The Labute approximate surface area is 424 Å². The molecule has 0 bridgehead atoms. The number of methoxy groups -OCH3 is 1. The second kappa shape index (κ2) is 21.4. The number of amides is 5. The summed E-state index contributed by atoms with van der Waals surface area (Å²) in [5.41, 5.74) is 3.03. The molecule has 5 aliphatic rings. The Morgan fingerprint density at radius 2 is 1.61 bits per heavy atom. The smallest absolute Gasteiger partial charge is 0.416 e. The molecule has 5 amide bonds. The molecule has 4 aromatic rings. The van der Waals surface area contributed by atoms with Crippen LogP contribution in [0.15, 0.2) is 48.5 Å². The first-order chi connectivity index (χ1) is 34.5. The fourth-order valence-corrected chi connectivity index (χ4v) is 12.2. The van der Waals surface area contributed by atoms with Crippen molar-refractivity contribution in [3.63, 3.8) is 0 Å². The van der Waals surface area contributed by atoms with Crippen molar-refractivity contribution in [3.8, 4) is 5.75 Å². The number of carbonyl (C=O) groups is 4. The molecule has 9 rings (SSSR count). The minimum atomic E-state index is -4.49. The van der Waals surface area contributed by atoms with E-state index in [1.807, 2.05) is 24.8 Å². The summed E-state index contributed by atoms with van der Waals surface area (Å²) >= 11 is 6.45. The average molecular weight is 1010 g/mol. The maximum Gasteiger partial charge on any atom is 0.416 e. The van der Waals surface area contributed by atoms with E-state index >= 15 is 0 Å². The lowest BCUT2D eigenvalue weighted by Gasteiger charge is -2.47. The summed E-state index contributed by atoms with van der Waals surface area (Å²) in [5, 5.41) is 9.87. The molecule has 3 saturated heterocycles. The number of urea groups is 1. The van der Waals surface area contributed by atoms with Crippen molar-refractivity contribution in [1.82, 2.24) is 30.0 Å². The van der Waals surface area contributed by atoms with E-state index in [2.05, 4.69) is 31.8 Å². The fraction of sp³-hybridized carbons (Fsp3) is 0.556. The Morgan fingerprint density at radius 3 is 2.28 bits per heavy atom. The minimum Gasteiger partial charge on any atom is -0.496 e. The molecule has 3 aromatic carbocycles. The van der Waals surface area contributed by atoms with Gasteiger partial charge in [0.05, 0.1) is 34.9 Å². The Morgan fingerprint density at radius 1 is 0.889 bits per heavy atom. The van der Waals surface area contributed by atoms with E-state index in [9.17, 15) is 32.3 Å². The topological polar surface area (TPSA) is 152 Å². The van der Waals surface area contributed by atoms with Crippen LogP contribution in [-0.4, -0.2) is 114 Å². The predicted molar refractivity (Wildman–Crippen MR) is 273 cm³/mol. The summed E-state index contributed by atoms with van der Waals surface area (Å²) in [7, 11) is 1.65. The number of likely N-dealkylation sites (tertiary alicyclic amines) is 1. The standard InChI is InChI=1S/C54H67ClF3N9O5/c1-5-59-41-27-39(26-40(29-41)54(56,57)58)33(2)60-49-43-30-42(47(72-4)31-45(43)61-34(3)62-49)36-6-8-37(9-7-36)50(69)66-24-22-64(23-25-66)32-35-12-15-53(16-13-35)17-20-65(21-18-53)51(70)38-10-11-44(55)46(28-38)67-19-14-48(68)63-52(67)71/h10-11,26-31,33,35-37,59H,5-9,12-25,32H2,1-4H3,(H,60,61,62)(H,63,68,71)/t33-,36?,37?/m1/s1. The van der Waals surface area contributed by atoms with Gasteiger partial charge in [0.25, 0.3) is 5.91 Å². The first-order valence-corrected chi connectivity index (χ1v) is 26.2. The summed E-state index contributed by atoms with van der Waals surface area (Å²) in [4.78, 5) is 69.2. The number of hydrogen-bond donors (Lipinski definition) is 3. The van der Waals surface area contributed by atoms with Gasteiger partial charge in [0, 0.05) is 93.9 Å². The first-order valence-electron chi connectivity index (χ1n) is 25.8. The lowest BCUT2D eigenvalue weighted by molar-refractivity contribution is -0.139. The van der Waals surface area contributed by atoms with Crippen molar-refractivity contribution in [2.45, 2.75) is 110 Å². The second-order valence-electron chi connectivity index (χ2n) is 20.8. The number of piperazine rings is 1. The summed E-state index contributed by atoms with van der Waals surface area (Å²) in [5.74, 6) is 2.39. The van der Waals surface area contributed by atoms with E-state index in [0.29, 0.717) is 70.2 Å². The molecule has 1 aromatic heterocycles. The van der Waals surface area contributed by atoms with Crippen LogP contribution in [0.3, 0.4) is 0 Å². The highest BCUT2D eigenvalue weighted by Crippen LogP contribution is 2.47. The molecular formula is C54H67ClF3N9O5. The number of ether oxygens (including phenoxy) is 1. The van der Waals surface area contributed by atoms with E-state index in [4.69, 9.17) is 26.3 Å². The molecule has 2 saturated carbocycles. The van der Waals surface area contributed by atoms with Gasteiger partial charge in [-0.05, 0) is 156 Å². The third kappa shape index (κ3) is 11.3. The van der Waals surface area contributed by atoms with Crippen LogP contribution in [-0.2, 0) is 15.8 Å². The first kappa shape index (κ1) is 51.2. The second-order valence-corrected chi connectivity index (χ2v) is 21.2. The van der Waals surface area contributed by atoms with E-state index in [0.717, 1.165) is 107 Å². The van der Waals surface area contributed by atoms with Crippen molar-refractivity contribution < 1.29 is 37.1 Å².